The maximum Gasteiger partial charge on any atom is 0.161 e. The summed E-state index contributed by atoms with van der Waals surface area (Å²) in [7, 11) is 0. The number of ketones is 1. The molecule has 0 radical (unpaired) electrons. The predicted octanol–water partition coefficient (Wildman–Crippen LogP) is 6.09. The highest BCUT2D eigenvalue weighted by molar-refractivity contribution is 6.35. The summed E-state index contributed by atoms with van der Waals surface area (Å²) in [4.78, 5) is 17.9. The molecule has 4 rings (SSSR count). The minimum Gasteiger partial charge on any atom is -0.294 e. The van der Waals surface area contributed by atoms with Gasteiger partial charge < -0.3 is 0 Å². The van der Waals surface area contributed by atoms with Gasteiger partial charge in [0.25, 0.3) is 0 Å². The molecule has 1 unspecified atom stereocenters. The summed E-state index contributed by atoms with van der Waals surface area (Å²) in [6.45, 7) is 1.85. The van der Waals surface area contributed by atoms with E-state index >= 15 is 0 Å². The van der Waals surface area contributed by atoms with Gasteiger partial charge in [-0.1, -0.05) is 59.6 Å². The summed E-state index contributed by atoms with van der Waals surface area (Å²) in [5, 5.41) is 10.8. The molecule has 140 valence electrons. The van der Waals surface area contributed by atoms with Gasteiger partial charge in [0.05, 0.1) is 12.0 Å². The zero-order chi connectivity index (χ0) is 19.8. The zero-order valence-electron chi connectivity index (χ0n) is 15.3. The normalized spacial score (nSPS) is 24.4. The molecule has 0 bridgehead atoms. The molecule has 0 aromatic heterocycles. The van der Waals surface area contributed by atoms with Gasteiger partial charge in [-0.15, -0.1) is 0 Å². The minimum atomic E-state index is -0.519. The van der Waals surface area contributed by atoms with Crippen LogP contribution in [0.2, 0.25) is 10.0 Å². The summed E-state index contributed by atoms with van der Waals surface area (Å²) in [6.07, 6.45) is 1.10. The van der Waals surface area contributed by atoms with E-state index in [0.717, 1.165) is 22.5 Å². The zero-order valence-corrected chi connectivity index (χ0v) is 16.8. The second-order valence-electron chi connectivity index (χ2n) is 7.30. The topological polar surface area (TPSA) is 53.2 Å². The third-order valence-electron chi connectivity index (χ3n) is 5.60. The standard InChI is InChI=1S/C23H18Cl2N2O/c1-13-18(12-26)22(17-8-7-16(24)11-19(17)25)23-20(27-13)9-15(10-21(23)28)14-5-3-2-4-6-14/h2-8,11,15,18,22H,9-10H2,1H3/t15-,18?,22-/m0/s1. The number of carbonyl (C=O) groups is 1. The molecule has 0 saturated carbocycles. The van der Waals surface area contributed by atoms with E-state index in [1.54, 1.807) is 12.1 Å². The van der Waals surface area contributed by atoms with Crippen LogP contribution in [0.1, 0.15) is 42.7 Å². The molecule has 0 spiro atoms. The average molecular weight is 409 g/mol. The van der Waals surface area contributed by atoms with Crippen LogP contribution < -0.4 is 0 Å². The largest absolute Gasteiger partial charge is 0.294 e. The summed E-state index contributed by atoms with van der Waals surface area (Å²) in [5.74, 6) is -0.785. The number of carbonyl (C=O) groups excluding carboxylic acids is 1. The molecular weight excluding hydrogens is 391 g/mol. The molecule has 0 saturated heterocycles. The summed E-state index contributed by atoms with van der Waals surface area (Å²) in [5.41, 5.74) is 4.03. The van der Waals surface area contributed by atoms with Crippen LogP contribution in [0.4, 0.5) is 0 Å². The Kier molecular flexibility index (Phi) is 5.10. The summed E-state index contributed by atoms with van der Waals surface area (Å²) in [6, 6.07) is 17.6. The number of allylic oxidation sites excluding steroid dienone is 2. The van der Waals surface area contributed by atoms with E-state index in [4.69, 9.17) is 23.2 Å². The molecule has 3 atom stereocenters. The lowest BCUT2D eigenvalue weighted by atomic mass is 9.69. The second-order valence-corrected chi connectivity index (χ2v) is 8.15. The van der Waals surface area contributed by atoms with Crippen molar-refractivity contribution in [3.05, 3.63) is 81.0 Å². The molecule has 2 aliphatic rings. The van der Waals surface area contributed by atoms with Crippen molar-refractivity contribution < 1.29 is 4.79 Å². The fourth-order valence-electron chi connectivity index (χ4n) is 4.28. The Balaban J connectivity index is 1.83. The van der Waals surface area contributed by atoms with Crippen LogP contribution in [0.5, 0.6) is 0 Å². The van der Waals surface area contributed by atoms with E-state index in [2.05, 4.69) is 23.2 Å². The molecule has 0 amide bonds. The van der Waals surface area contributed by atoms with E-state index in [1.165, 1.54) is 0 Å². The Morgan fingerprint density at radius 1 is 1.11 bits per heavy atom. The first-order chi connectivity index (χ1) is 13.5. The smallest absolute Gasteiger partial charge is 0.161 e. The van der Waals surface area contributed by atoms with E-state index in [0.29, 0.717) is 28.5 Å². The monoisotopic (exact) mass is 408 g/mol. The quantitative estimate of drug-likeness (QED) is 0.603. The van der Waals surface area contributed by atoms with Crippen molar-refractivity contribution in [1.29, 1.82) is 5.26 Å². The number of halogens is 2. The van der Waals surface area contributed by atoms with Crippen LogP contribution in [0.15, 0.2) is 64.8 Å². The van der Waals surface area contributed by atoms with Crippen molar-refractivity contribution in [2.45, 2.75) is 31.6 Å². The molecule has 2 aromatic rings. The molecule has 28 heavy (non-hydrogen) atoms. The van der Waals surface area contributed by atoms with E-state index in [9.17, 15) is 10.1 Å². The second kappa shape index (κ2) is 7.54. The maximum absolute atomic E-state index is 13.2. The highest BCUT2D eigenvalue weighted by Gasteiger charge is 2.42. The number of Topliss-reactive ketones (excluding diaryl/α,β-unsaturated/α-hetero) is 1. The van der Waals surface area contributed by atoms with Crippen molar-refractivity contribution in [1.82, 2.24) is 0 Å². The number of aliphatic imine (C=N–C) groups is 1. The van der Waals surface area contributed by atoms with Gasteiger partial charge >= 0.3 is 0 Å². The van der Waals surface area contributed by atoms with Gasteiger partial charge in [-0.25, -0.2) is 0 Å². The Morgan fingerprint density at radius 3 is 2.54 bits per heavy atom. The number of benzene rings is 2. The number of hydrogen-bond donors (Lipinski definition) is 0. The van der Waals surface area contributed by atoms with Crippen LogP contribution in [0, 0.1) is 17.2 Å². The fraction of sp³-hybridized carbons (Fsp3) is 0.261. The van der Waals surface area contributed by atoms with Crippen LogP contribution in [-0.2, 0) is 4.79 Å². The van der Waals surface area contributed by atoms with Crippen molar-refractivity contribution in [3.63, 3.8) is 0 Å². The lowest BCUT2D eigenvalue weighted by Gasteiger charge is -2.35. The van der Waals surface area contributed by atoms with Crippen molar-refractivity contribution in [2.24, 2.45) is 10.9 Å². The Hall–Kier alpha value is -2.41. The van der Waals surface area contributed by atoms with Gasteiger partial charge in [0.1, 0.15) is 0 Å². The van der Waals surface area contributed by atoms with Crippen LogP contribution in [0.3, 0.4) is 0 Å². The first kappa shape index (κ1) is 18.9. The molecule has 0 N–H and O–H groups in total. The summed E-state index contributed by atoms with van der Waals surface area (Å²) >= 11 is 12.5. The van der Waals surface area contributed by atoms with Gasteiger partial charge in [0.15, 0.2) is 5.78 Å². The van der Waals surface area contributed by atoms with Gasteiger partial charge in [0.2, 0.25) is 0 Å². The van der Waals surface area contributed by atoms with Gasteiger partial charge in [0, 0.05) is 39.4 Å². The average Bonchev–Trinajstić information content (AvgIpc) is 2.67. The highest BCUT2D eigenvalue weighted by Crippen LogP contribution is 2.47. The SMILES string of the molecule is CC1=NC2=C(C(=O)C[C@@H](c3ccccc3)C2)[C@@H](c2ccc(Cl)cc2Cl)C1C#N. The highest BCUT2D eigenvalue weighted by atomic mass is 35.5. The number of hydrogen-bond acceptors (Lipinski definition) is 3. The van der Waals surface area contributed by atoms with Crippen LogP contribution in [0.25, 0.3) is 0 Å². The molecule has 2 aromatic carbocycles. The van der Waals surface area contributed by atoms with Crippen LogP contribution >= 0.6 is 23.2 Å². The predicted molar refractivity (Wildman–Crippen MR) is 112 cm³/mol. The number of nitriles is 1. The number of rotatable bonds is 2. The van der Waals surface area contributed by atoms with Gasteiger partial charge in [-0.05, 0) is 42.5 Å². The molecule has 1 aliphatic carbocycles. The first-order valence-electron chi connectivity index (χ1n) is 9.20. The Labute approximate surface area is 174 Å². The van der Waals surface area contributed by atoms with Crippen LogP contribution in [-0.4, -0.2) is 11.5 Å². The molecule has 3 nitrogen and oxygen atoms in total. The molecule has 1 heterocycles. The van der Waals surface area contributed by atoms with Crippen molar-refractivity contribution in [3.8, 4) is 6.07 Å². The Morgan fingerprint density at radius 2 is 1.86 bits per heavy atom. The van der Waals surface area contributed by atoms with Crippen molar-refractivity contribution >= 4 is 34.7 Å². The molecule has 0 fully saturated rings. The lowest BCUT2D eigenvalue weighted by molar-refractivity contribution is -0.116. The maximum atomic E-state index is 13.2. The van der Waals surface area contributed by atoms with E-state index in [1.807, 2.05) is 31.2 Å². The van der Waals surface area contributed by atoms with Gasteiger partial charge in [-0.2, -0.15) is 5.26 Å². The van der Waals surface area contributed by atoms with Crippen molar-refractivity contribution in [2.75, 3.05) is 0 Å². The minimum absolute atomic E-state index is 0.0441. The third-order valence-corrected chi connectivity index (χ3v) is 6.16. The molecule has 5 heteroatoms. The summed E-state index contributed by atoms with van der Waals surface area (Å²) < 4.78 is 0. The third kappa shape index (κ3) is 3.28. The van der Waals surface area contributed by atoms with E-state index < -0.39 is 11.8 Å². The molecule has 1 aliphatic heterocycles. The van der Waals surface area contributed by atoms with E-state index in [-0.39, 0.29) is 11.7 Å². The first-order valence-corrected chi connectivity index (χ1v) is 9.96. The van der Waals surface area contributed by atoms with Gasteiger partial charge in [-0.3, -0.25) is 9.79 Å². The fourth-order valence-corrected chi connectivity index (χ4v) is 4.80. The number of nitrogens with zero attached hydrogens (tertiary/aromatic N) is 2. The lowest BCUT2D eigenvalue weighted by Crippen LogP contribution is -2.32. The molecular formula is C23H18Cl2N2O. The Bertz CT molecular complexity index is 1050.